The van der Waals surface area contributed by atoms with Crippen molar-refractivity contribution in [2.75, 3.05) is 50.5 Å². The number of sulfonamides is 1. The van der Waals surface area contributed by atoms with Crippen LogP contribution in [0.3, 0.4) is 0 Å². The van der Waals surface area contributed by atoms with Gasteiger partial charge in [-0.2, -0.15) is 11.8 Å². The van der Waals surface area contributed by atoms with E-state index in [0.717, 1.165) is 18.1 Å². The Morgan fingerprint density at radius 2 is 1.93 bits per heavy atom. The van der Waals surface area contributed by atoms with Crippen LogP contribution in [0.2, 0.25) is 0 Å². The van der Waals surface area contributed by atoms with Crippen molar-refractivity contribution in [2.24, 2.45) is 4.99 Å². The van der Waals surface area contributed by atoms with E-state index in [1.165, 1.54) is 4.90 Å². The Balaban J connectivity index is 0.00000364. The molecule has 1 atom stereocenters. The second-order valence-electron chi connectivity index (χ2n) is 5.95. The van der Waals surface area contributed by atoms with Crippen LogP contribution in [0.25, 0.3) is 0 Å². The topological polar surface area (TPSA) is 73.8 Å². The molecule has 1 unspecified atom stereocenters. The lowest BCUT2D eigenvalue weighted by Gasteiger charge is -2.25. The van der Waals surface area contributed by atoms with Crippen molar-refractivity contribution < 1.29 is 8.42 Å². The van der Waals surface area contributed by atoms with Gasteiger partial charge >= 0.3 is 0 Å². The molecule has 1 aliphatic rings. The molecule has 0 bridgehead atoms. The van der Waals surface area contributed by atoms with E-state index in [4.69, 9.17) is 0 Å². The predicted octanol–water partition coefficient (Wildman–Crippen LogP) is 2.33. The fourth-order valence-electron chi connectivity index (χ4n) is 2.49. The fourth-order valence-corrected chi connectivity index (χ4v) is 5.92. The van der Waals surface area contributed by atoms with Gasteiger partial charge in [0, 0.05) is 54.9 Å². The zero-order valence-electron chi connectivity index (χ0n) is 15.8. The summed E-state index contributed by atoms with van der Waals surface area (Å²) in [6.07, 6.45) is 0. The highest BCUT2D eigenvalue weighted by molar-refractivity contribution is 14.0. The van der Waals surface area contributed by atoms with Gasteiger partial charge in [-0.1, -0.05) is 25.1 Å². The molecule has 1 fully saturated rings. The van der Waals surface area contributed by atoms with E-state index in [9.17, 15) is 8.42 Å². The van der Waals surface area contributed by atoms with Crippen LogP contribution in [0.1, 0.15) is 6.92 Å². The Kier molecular flexibility index (Phi) is 12.1. The van der Waals surface area contributed by atoms with Gasteiger partial charge in [-0.15, -0.1) is 35.7 Å². The van der Waals surface area contributed by atoms with Crippen molar-refractivity contribution in [3.8, 4) is 0 Å². The number of hydrogen-bond donors (Lipinski definition) is 2. The highest BCUT2D eigenvalue weighted by Crippen LogP contribution is 2.21. The van der Waals surface area contributed by atoms with Gasteiger partial charge in [0.05, 0.1) is 5.75 Å². The summed E-state index contributed by atoms with van der Waals surface area (Å²) in [5.41, 5.74) is 0. The molecular formula is C17H29IN4O2S3. The molecule has 0 saturated carbocycles. The molecule has 0 aliphatic carbocycles. The molecule has 0 amide bonds. The number of aliphatic imine (C=N–C) groups is 1. The van der Waals surface area contributed by atoms with Crippen molar-refractivity contribution in [1.29, 1.82) is 0 Å². The van der Waals surface area contributed by atoms with Gasteiger partial charge in [0.1, 0.15) is 0 Å². The molecule has 6 nitrogen and oxygen atoms in total. The number of hydrogen-bond acceptors (Lipinski definition) is 5. The third kappa shape index (κ3) is 9.25. The second kappa shape index (κ2) is 13.1. The Bertz CT molecular complexity index is 668. The van der Waals surface area contributed by atoms with E-state index < -0.39 is 10.0 Å². The Morgan fingerprint density at radius 3 is 2.56 bits per heavy atom. The summed E-state index contributed by atoms with van der Waals surface area (Å²) in [7, 11) is -1.49. The normalized spacial score (nSPS) is 17.0. The molecule has 10 heteroatoms. The first-order chi connectivity index (χ1) is 12.5. The lowest BCUT2D eigenvalue weighted by atomic mass is 10.4. The predicted molar refractivity (Wildman–Crippen MR) is 129 cm³/mol. The van der Waals surface area contributed by atoms with Gasteiger partial charge in [-0.05, 0) is 12.1 Å². The van der Waals surface area contributed by atoms with Gasteiger partial charge in [-0.3, -0.25) is 4.99 Å². The third-order valence-corrected chi connectivity index (χ3v) is 7.80. The summed E-state index contributed by atoms with van der Waals surface area (Å²) in [4.78, 5) is 5.40. The number of thioether (sulfide) groups is 2. The van der Waals surface area contributed by atoms with Crippen molar-refractivity contribution in [3.05, 3.63) is 30.3 Å². The highest BCUT2D eigenvalue weighted by atomic mass is 127. The lowest BCUT2D eigenvalue weighted by Crippen LogP contribution is -2.45. The molecule has 0 spiro atoms. The van der Waals surface area contributed by atoms with Crippen LogP contribution in [-0.2, 0) is 10.0 Å². The summed E-state index contributed by atoms with van der Waals surface area (Å²) in [6.45, 7) is 4.49. The maximum atomic E-state index is 12.3. The van der Waals surface area contributed by atoms with E-state index >= 15 is 0 Å². The minimum atomic E-state index is -3.19. The number of guanidine groups is 1. The number of nitrogens with one attached hydrogen (secondary N) is 2. The monoisotopic (exact) mass is 544 g/mol. The van der Waals surface area contributed by atoms with Crippen molar-refractivity contribution >= 4 is 63.5 Å². The first-order valence-electron chi connectivity index (χ1n) is 8.73. The molecule has 1 aromatic rings. The van der Waals surface area contributed by atoms with Crippen LogP contribution in [0.15, 0.2) is 40.2 Å². The first-order valence-corrected chi connectivity index (χ1v) is 12.4. The maximum Gasteiger partial charge on any atom is 0.215 e. The highest BCUT2D eigenvalue weighted by Gasteiger charge is 2.23. The van der Waals surface area contributed by atoms with Crippen LogP contribution in [0.4, 0.5) is 0 Å². The molecule has 154 valence electrons. The van der Waals surface area contributed by atoms with Crippen molar-refractivity contribution in [1.82, 2.24) is 14.9 Å². The molecule has 0 radical (unpaired) electrons. The van der Waals surface area contributed by atoms with Crippen LogP contribution in [0, 0.1) is 0 Å². The maximum absolute atomic E-state index is 12.3. The van der Waals surface area contributed by atoms with Gasteiger partial charge in [0.2, 0.25) is 10.0 Å². The summed E-state index contributed by atoms with van der Waals surface area (Å²) in [6, 6.07) is 10.3. The van der Waals surface area contributed by atoms with Gasteiger partial charge in [0.25, 0.3) is 0 Å². The molecule has 1 heterocycles. The second-order valence-corrected chi connectivity index (χ2v) is 10.8. The number of rotatable bonds is 8. The fraction of sp³-hybridized carbons (Fsp3) is 0.588. The van der Waals surface area contributed by atoms with E-state index in [-0.39, 0.29) is 29.7 Å². The lowest BCUT2D eigenvalue weighted by molar-refractivity contribution is 0.443. The van der Waals surface area contributed by atoms with E-state index in [1.807, 2.05) is 18.2 Å². The van der Waals surface area contributed by atoms with Crippen LogP contribution >= 0.6 is 47.5 Å². The molecule has 0 aromatic heterocycles. The average molecular weight is 545 g/mol. The number of nitrogens with zero attached hydrogens (tertiary/aromatic N) is 2. The molecule has 1 saturated heterocycles. The van der Waals surface area contributed by atoms with E-state index in [2.05, 4.69) is 34.7 Å². The molecule has 2 rings (SSSR count). The summed E-state index contributed by atoms with van der Waals surface area (Å²) >= 11 is 3.60. The number of benzene rings is 1. The zero-order chi connectivity index (χ0) is 18.8. The van der Waals surface area contributed by atoms with Gasteiger partial charge < -0.3 is 10.6 Å². The largest absolute Gasteiger partial charge is 0.355 e. The average Bonchev–Trinajstić information content (AvgIpc) is 2.66. The Labute approximate surface area is 188 Å². The summed E-state index contributed by atoms with van der Waals surface area (Å²) < 4.78 is 26.3. The third-order valence-electron chi connectivity index (χ3n) is 3.88. The minimum Gasteiger partial charge on any atom is -0.355 e. The van der Waals surface area contributed by atoms with Crippen molar-refractivity contribution in [3.63, 3.8) is 0 Å². The SMILES string of the molecule is CN=C(NCCS(=O)(=O)N1CCSCC1)NCC(C)Sc1ccccc1.I. The van der Waals surface area contributed by atoms with Gasteiger partial charge in [-0.25, -0.2) is 12.7 Å². The quantitative estimate of drug-likeness (QED) is 0.227. The van der Waals surface area contributed by atoms with Crippen molar-refractivity contribution in [2.45, 2.75) is 17.1 Å². The zero-order valence-corrected chi connectivity index (χ0v) is 20.5. The Morgan fingerprint density at radius 1 is 1.26 bits per heavy atom. The van der Waals surface area contributed by atoms with E-state index in [1.54, 1.807) is 34.9 Å². The standard InChI is InChI=1S/C17H28N4O2S3.HI/c1-15(25-16-6-4-3-5-7-16)14-20-17(18-2)19-8-13-26(22,23)21-9-11-24-12-10-21;/h3-7,15H,8-14H2,1-2H3,(H2,18,19,20);1H. The van der Waals surface area contributed by atoms with E-state index in [0.29, 0.717) is 30.8 Å². The van der Waals surface area contributed by atoms with Gasteiger partial charge in [0.15, 0.2) is 5.96 Å². The van der Waals surface area contributed by atoms with Crippen LogP contribution in [0.5, 0.6) is 0 Å². The summed E-state index contributed by atoms with van der Waals surface area (Å²) in [5, 5.41) is 6.73. The van der Waals surface area contributed by atoms with Crippen LogP contribution < -0.4 is 10.6 Å². The number of halogens is 1. The van der Waals surface area contributed by atoms with Crippen LogP contribution in [-0.4, -0.2) is 74.4 Å². The first kappa shape index (κ1) is 24.9. The minimum absolute atomic E-state index is 0. The molecule has 1 aromatic carbocycles. The Hall–Kier alpha value is -0.170. The molecule has 27 heavy (non-hydrogen) atoms. The molecule has 2 N–H and O–H groups in total. The molecule has 1 aliphatic heterocycles. The smallest absolute Gasteiger partial charge is 0.215 e. The molecular weight excluding hydrogens is 515 g/mol. The summed E-state index contributed by atoms with van der Waals surface area (Å²) in [5.74, 6) is 2.49.